The van der Waals surface area contributed by atoms with Gasteiger partial charge in [0.2, 0.25) is 0 Å². The summed E-state index contributed by atoms with van der Waals surface area (Å²) in [7, 11) is 0. The molecule has 4 saturated carbocycles. The number of furan rings is 1. The molecule has 0 unspecified atom stereocenters. The highest BCUT2D eigenvalue weighted by Crippen LogP contribution is 2.81. The predicted octanol–water partition coefficient (Wildman–Crippen LogP) is -2.27. The molecule has 228 valence electrons. The highest BCUT2D eigenvalue weighted by molar-refractivity contribution is 5.66. The molecule has 6 fully saturated rings. The van der Waals surface area contributed by atoms with Crippen LogP contribution in [-0.4, -0.2) is 114 Å². The molecule has 13 nitrogen and oxygen atoms in total. The number of hydrogen-bond acceptors (Lipinski definition) is 13. The summed E-state index contributed by atoms with van der Waals surface area (Å²) in [6.45, 7) is 2.94. The van der Waals surface area contributed by atoms with E-state index in [1.807, 2.05) is 0 Å². The molecule has 8 N–H and O–H groups in total. The molecule has 13 heteroatoms. The molecule has 3 heterocycles. The van der Waals surface area contributed by atoms with Crippen molar-refractivity contribution >= 4 is 5.97 Å². The van der Waals surface area contributed by atoms with Crippen molar-refractivity contribution in [3.8, 4) is 0 Å². The summed E-state index contributed by atoms with van der Waals surface area (Å²) in [5.41, 5.74) is -10.1. The summed E-state index contributed by atoms with van der Waals surface area (Å²) in [5, 5.41) is 94.1. The zero-order chi connectivity index (χ0) is 29.7. The van der Waals surface area contributed by atoms with Crippen molar-refractivity contribution in [2.75, 3.05) is 13.2 Å². The number of fused-ring (bicyclic) bond motifs is 1. The quantitative estimate of drug-likeness (QED) is 0.139. The zero-order valence-electron chi connectivity index (χ0n) is 23.0. The Labute approximate surface area is 235 Å². The van der Waals surface area contributed by atoms with Crippen molar-refractivity contribution in [3.63, 3.8) is 0 Å². The monoisotopic (exact) mass is 582 g/mol. The average molecular weight is 583 g/mol. The molecule has 2 bridgehead atoms. The average Bonchev–Trinajstić information content (AvgIpc) is 3.25. The van der Waals surface area contributed by atoms with Gasteiger partial charge >= 0.3 is 5.97 Å². The zero-order valence-corrected chi connectivity index (χ0v) is 23.0. The fraction of sp³-hybridized carbons (Fsp3) is 0.821. The highest BCUT2D eigenvalue weighted by atomic mass is 16.6. The number of rotatable bonds is 3. The summed E-state index contributed by atoms with van der Waals surface area (Å²) in [6.07, 6.45) is -7.85. The first-order chi connectivity index (χ1) is 19.1. The maximum atomic E-state index is 12.3. The van der Waals surface area contributed by atoms with Gasteiger partial charge in [-0.1, -0.05) is 6.92 Å². The molecular weight excluding hydrogens is 544 g/mol. The van der Waals surface area contributed by atoms with E-state index >= 15 is 0 Å². The molecule has 1 aromatic heterocycles. The maximum absolute atomic E-state index is 12.3. The summed E-state index contributed by atoms with van der Waals surface area (Å²) in [4.78, 5) is 12.0. The number of carbonyl (C=O) groups excluding carboxylic acids is 1. The first-order valence-corrected chi connectivity index (χ1v) is 14.1. The minimum atomic E-state index is -2.09. The molecule has 7 rings (SSSR count). The standard InChI is InChI=1S/C28H38O13/c1-11(30)40-21-17(33)20(34)25-10-39-22(35)23(21,2)13(25)6-14(31)26(9-29)19(25)16(32)18-24(3,36)27(37,12-4-5-38-8-12)7-15-28(18,26)41-15/h4-5,8,13-22,29,31-37H,6-7,9-10H2,1-3H3/t13-,14+,15+,16-,17+,18+,19+,20+,21+,22-,23-,24+,25-,26+,27+,28+/m0/s1. The van der Waals surface area contributed by atoms with Crippen LogP contribution in [0.25, 0.3) is 0 Å². The van der Waals surface area contributed by atoms with Crippen molar-refractivity contribution in [1.82, 2.24) is 0 Å². The van der Waals surface area contributed by atoms with Crippen molar-refractivity contribution in [3.05, 3.63) is 24.2 Å². The summed E-state index contributed by atoms with van der Waals surface area (Å²) >= 11 is 0. The third-order valence-corrected chi connectivity index (χ3v) is 12.5. The van der Waals surface area contributed by atoms with Crippen LogP contribution in [0.3, 0.4) is 0 Å². The summed E-state index contributed by atoms with van der Waals surface area (Å²) in [5.74, 6) is -4.18. The third kappa shape index (κ3) is 2.73. The largest absolute Gasteiger partial charge is 0.472 e. The summed E-state index contributed by atoms with van der Waals surface area (Å²) in [6, 6.07) is 1.50. The molecule has 2 aliphatic heterocycles. The second kappa shape index (κ2) is 8.08. The third-order valence-electron chi connectivity index (χ3n) is 12.5. The van der Waals surface area contributed by atoms with Gasteiger partial charge in [-0.2, -0.15) is 0 Å². The Hall–Kier alpha value is -1.65. The second-order valence-corrected chi connectivity index (χ2v) is 13.7. The molecule has 1 spiro atoms. The number of carbonyl (C=O) groups is 1. The molecule has 41 heavy (non-hydrogen) atoms. The van der Waals surface area contributed by atoms with Gasteiger partial charge in [0, 0.05) is 36.2 Å². The van der Waals surface area contributed by atoms with E-state index in [2.05, 4.69) is 0 Å². The van der Waals surface area contributed by atoms with E-state index in [1.54, 1.807) is 0 Å². The Balaban J connectivity index is 1.44. The minimum Gasteiger partial charge on any atom is -0.472 e. The van der Waals surface area contributed by atoms with Crippen LogP contribution < -0.4 is 0 Å². The Morgan fingerprint density at radius 1 is 1.10 bits per heavy atom. The fourth-order valence-corrected chi connectivity index (χ4v) is 10.9. The van der Waals surface area contributed by atoms with Gasteiger partial charge in [0.15, 0.2) is 6.29 Å². The van der Waals surface area contributed by atoms with Gasteiger partial charge in [-0.25, -0.2) is 0 Å². The molecule has 16 atom stereocenters. The molecule has 6 aliphatic rings. The number of ether oxygens (including phenoxy) is 3. The van der Waals surface area contributed by atoms with Gasteiger partial charge in [0.25, 0.3) is 0 Å². The Morgan fingerprint density at radius 3 is 2.41 bits per heavy atom. The van der Waals surface area contributed by atoms with E-state index < -0.39 is 106 Å². The van der Waals surface area contributed by atoms with E-state index in [-0.39, 0.29) is 25.0 Å². The van der Waals surface area contributed by atoms with Crippen LogP contribution in [0.15, 0.2) is 23.0 Å². The lowest BCUT2D eigenvalue weighted by Gasteiger charge is -2.70. The first kappa shape index (κ1) is 28.1. The van der Waals surface area contributed by atoms with Gasteiger partial charge < -0.3 is 59.5 Å². The summed E-state index contributed by atoms with van der Waals surface area (Å²) < 4.78 is 22.7. The number of esters is 1. The lowest BCUT2D eigenvalue weighted by atomic mass is 9.38. The first-order valence-electron chi connectivity index (χ1n) is 14.1. The van der Waals surface area contributed by atoms with Crippen LogP contribution in [-0.2, 0) is 24.6 Å². The van der Waals surface area contributed by atoms with Gasteiger partial charge in [-0.15, -0.1) is 0 Å². The second-order valence-electron chi connectivity index (χ2n) is 13.7. The van der Waals surface area contributed by atoms with E-state index in [0.29, 0.717) is 0 Å². The van der Waals surface area contributed by atoms with Crippen LogP contribution >= 0.6 is 0 Å². The number of aliphatic hydroxyl groups excluding tert-OH is 6. The fourth-order valence-electron chi connectivity index (χ4n) is 10.9. The van der Waals surface area contributed by atoms with Crippen molar-refractivity contribution in [2.24, 2.45) is 34.0 Å². The maximum Gasteiger partial charge on any atom is 0.303 e. The molecule has 0 amide bonds. The van der Waals surface area contributed by atoms with E-state index in [0.717, 1.165) is 6.92 Å². The normalized spacial score (nSPS) is 60.4. The molecule has 1 aromatic rings. The lowest BCUT2D eigenvalue weighted by molar-refractivity contribution is -0.392. The van der Waals surface area contributed by atoms with Gasteiger partial charge in [-0.05, 0) is 25.3 Å². The van der Waals surface area contributed by atoms with E-state index in [9.17, 15) is 45.6 Å². The highest BCUT2D eigenvalue weighted by Gasteiger charge is 2.93. The van der Waals surface area contributed by atoms with Crippen LogP contribution in [0.5, 0.6) is 0 Å². The topological polar surface area (TPSA) is 223 Å². The van der Waals surface area contributed by atoms with Crippen LogP contribution in [0.1, 0.15) is 39.2 Å². The molecular formula is C28H38O13. The van der Waals surface area contributed by atoms with Crippen LogP contribution in [0, 0.1) is 34.0 Å². The smallest absolute Gasteiger partial charge is 0.303 e. The number of epoxide rings is 1. The predicted molar refractivity (Wildman–Crippen MR) is 132 cm³/mol. The van der Waals surface area contributed by atoms with E-state index in [1.165, 1.54) is 32.4 Å². The molecule has 0 radical (unpaired) electrons. The number of hydrogen-bond donors (Lipinski definition) is 8. The van der Waals surface area contributed by atoms with Crippen LogP contribution in [0.2, 0.25) is 0 Å². The van der Waals surface area contributed by atoms with E-state index in [4.69, 9.17) is 18.6 Å². The molecule has 2 saturated heterocycles. The molecule has 4 aliphatic carbocycles. The Morgan fingerprint density at radius 2 is 1.80 bits per heavy atom. The lowest BCUT2D eigenvalue weighted by Crippen LogP contribution is -2.80. The van der Waals surface area contributed by atoms with Crippen molar-refractivity contribution in [2.45, 2.75) is 93.3 Å². The van der Waals surface area contributed by atoms with Gasteiger partial charge in [0.05, 0.1) is 61.0 Å². The molecule has 0 aromatic carbocycles. The van der Waals surface area contributed by atoms with Crippen molar-refractivity contribution < 1.29 is 64.3 Å². The number of aliphatic hydroxyl groups is 8. The Bertz CT molecular complexity index is 1250. The minimum absolute atomic E-state index is 0.132. The van der Waals surface area contributed by atoms with Crippen LogP contribution in [0.4, 0.5) is 0 Å². The van der Waals surface area contributed by atoms with Gasteiger partial charge in [0.1, 0.15) is 29.0 Å². The van der Waals surface area contributed by atoms with Crippen molar-refractivity contribution in [1.29, 1.82) is 0 Å². The SMILES string of the molecule is CC(=O)O[C@@H]1[C@H](O)[C@@H](O)[C@@]23CO[C@H](O)[C@@]1(C)[C@@H]2C[C@@H](O)[C@]1(CO)[C@@H]3[C@@H](O)[C@H]2[C@@]13O[C@@H]3C[C@@](O)(c1ccoc1)[C@]2(C)O. The van der Waals surface area contributed by atoms with Gasteiger partial charge in [-0.3, -0.25) is 4.79 Å². The Kier molecular flexibility index (Phi) is 5.55.